The van der Waals surface area contributed by atoms with E-state index in [4.69, 9.17) is 0 Å². The van der Waals surface area contributed by atoms with Gasteiger partial charge in [0.2, 0.25) is 0 Å². The average Bonchev–Trinajstić information content (AvgIpc) is 1.88. The molecule has 0 radical (unpaired) electrons. The molecule has 0 bridgehead atoms. The Bertz CT molecular complexity index is 223. The molecular weight excluding hydrogens is 131 g/mol. The Balaban J connectivity index is 3.03. The van der Waals surface area contributed by atoms with Gasteiger partial charge in [-0.1, -0.05) is 0 Å². The molecule has 0 aliphatic heterocycles. The molecule has 0 aliphatic carbocycles. The molecule has 0 atom stereocenters. The van der Waals surface area contributed by atoms with E-state index in [0.717, 1.165) is 0 Å². The van der Waals surface area contributed by atoms with Gasteiger partial charge in [0.1, 0.15) is 0 Å². The first-order valence-electron chi connectivity index (χ1n) is 2.98. The van der Waals surface area contributed by atoms with E-state index in [1.54, 1.807) is 31.3 Å². The molecule has 0 saturated carbocycles. The molecule has 3 heteroatoms. The fourth-order valence-electron chi connectivity index (χ4n) is 0.731. The molecule has 1 rings (SSSR count). The first kappa shape index (κ1) is 6.99. The van der Waals surface area contributed by atoms with E-state index < -0.39 is 0 Å². The SMILES string of the molecule is CN(C)c1ccncc1F. The van der Waals surface area contributed by atoms with Gasteiger partial charge in [0, 0.05) is 20.3 Å². The van der Waals surface area contributed by atoms with Gasteiger partial charge in [0.15, 0.2) is 5.82 Å². The van der Waals surface area contributed by atoms with Gasteiger partial charge in [0.25, 0.3) is 0 Å². The second-order valence-corrected chi connectivity index (χ2v) is 2.22. The van der Waals surface area contributed by atoms with E-state index in [1.807, 2.05) is 0 Å². The highest BCUT2D eigenvalue weighted by molar-refractivity contribution is 5.43. The first-order chi connectivity index (χ1) is 4.72. The molecule has 0 aliphatic rings. The lowest BCUT2D eigenvalue weighted by molar-refractivity contribution is 0.620. The van der Waals surface area contributed by atoms with Crippen LogP contribution in [0.1, 0.15) is 0 Å². The van der Waals surface area contributed by atoms with Crippen molar-refractivity contribution in [2.45, 2.75) is 0 Å². The number of aromatic nitrogens is 1. The Hall–Kier alpha value is -1.12. The standard InChI is InChI=1S/C7H9FN2/c1-10(2)7-3-4-9-5-6(7)8/h3-5H,1-2H3. The highest BCUT2D eigenvalue weighted by Gasteiger charge is 2.00. The minimum atomic E-state index is -0.285. The number of rotatable bonds is 1. The molecule has 0 N–H and O–H groups in total. The topological polar surface area (TPSA) is 16.1 Å². The number of halogens is 1. The summed E-state index contributed by atoms with van der Waals surface area (Å²) < 4.78 is 12.7. The maximum absolute atomic E-state index is 12.7. The van der Waals surface area contributed by atoms with Crippen LogP contribution in [-0.4, -0.2) is 19.1 Å². The maximum atomic E-state index is 12.7. The summed E-state index contributed by atoms with van der Waals surface area (Å²) in [6.45, 7) is 0. The van der Waals surface area contributed by atoms with Crippen LogP contribution in [0.25, 0.3) is 0 Å². The Labute approximate surface area is 59.3 Å². The molecule has 1 aromatic rings. The van der Waals surface area contributed by atoms with E-state index in [9.17, 15) is 4.39 Å². The monoisotopic (exact) mass is 140 g/mol. The molecular formula is C7H9FN2. The molecule has 0 amide bonds. The number of pyridine rings is 1. The van der Waals surface area contributed by atoms with Gasteiger partial charge in [-0.3, -0.25) is 4.98 Å². The summed E-state index contributed by atoms with van der Waals surface area (Å²) in [5.41, 5.74) is 0.565. The molecule has 0 aromatic carbocycles. The van der Waals surface area contributed by atoms with Gasteiger partial charge in [-0.15, -0.1) is 0 Å². The van der Waals surface area contributed by atoms with Crippen molar-refractivity contribution in [2.75, 3.05) is 19.0 Å². The van der Waals surface area contributed by atoms with Crippen LogP contribution < -0.4 is 4.90 Å². The number of anilines is 1. The van der Waals surface area contributed by atoms with Crippen LogP contribution in [0, 0.1) is 5.82 Å². The van der Waals surface area contributed by atoms with Crippen LogP contribution in [0.15, 0.2) is 18.5 Å². The van der Waals surface area contributed by atoms with Crippen molar-refractivity contribution >= 4 is 5.69 Å². The first-order valence-corrected chi connectivity index (χ1v) is 2.98. The van der Waals surface area contributed by atoms with Crippen LogP contribution in [0.4, 0.5) is 10.1 Å². The summed E-state index contributed by atoms with van der Waals surface area (Å²) in [4.78, 5) is 5.33. The lowest BCUT2D eigenvalue weighted by atomic mass is 10.4. The molecule has 0 spiro atoms. The quantitative estimate of drug-likeness (QED) is 0.584. The predicted molar refractivity (Wildman–Crippen MR) is 38.5 cm³/mol. The summed E-state index contributed by atoms with van der Waals surface area (Å²) >= 11 is 0. The Morgan fingerprint density at radius 1 is 1.50 bits per heavy atom. The zero-order valence-electron chi connectivity index (χ0n) is 6.00. The summed E-state index contributed by atoms with van der Waals surface area (Å²) in [5.74, 6) is -0.285. The normalized spacial score (nSPS) is 9.50. The number of hydrogen-bond acceptors (Lipinski definition) is 2. The largest absolute Gasteiger partial charge is 0.375 e. The van der Waals surface area contributed by atoms with Crippen molar-refractivity contribution in [3.63, 3.8) is 0 Å². The van der Waals surface area contributed by atoms with Crippen LogP contribution in [0.3, 0.4) is 0 Å². The van der Waals surface area contributed by atoms with Gasteiger partial charge in [-0.2, -0.15) is 0 Å². The minimum Gasteiger partial charge on any atom is -0.375 e. The third-order valence-corrected chi connectivity index (χ3v) is 1.23. The molecule has 0 fully saturated rings. The van der Waals surface area contributed by atoms with Crippen LogP contribution >= 0.6 is 0 Å². The summed E-state index contributed by atoms with van der Waals surface area (Å²) in [6.07, 6.45) is 2.77. The van der Waals surface area contributed by atoms with Gasteiger partial charge in [-0.05, 0) is 6.07 Å². The molecule has 0 unspecified atom stereocenters. The van der Waals surface area contributed by atoms with Gasteiger partial charge in [-0.25, -0.2) is 4.39 Å². The van der Waals surface area contributed by atoms with Crippen LogP contribution in [-0.2, 0) is 0 Å². The van der Waals surface area contributed by atoms with Crippen molar-refractivity contribution in [1.82, 2.24) is 4.98 Å². The molecule has 0 saturated heterocycles. The Morgan fingerprint density at radius 2 is 2.20 bits per heavy atom. The fourth-order valence-corrected chi connectivity index (χ4v) is 0.731. The second kappa shape index (κ2) is 2.64. The lowest BCUT2D eigenvalue weighted by Crippen LogP contribution is -2.10. The van der Waals surface area contributed by atoms with Crippen LogP contribution in [0.2, 0.25) is 0 Å². The predicted octanol–water partition coefficient (Wildman–Crippen LogP) is 1.29. The maximum Gasteiger partial charge on any atom is 0.164 e. The summed E-state index contributed by atoms with van der Waals surface area (Å²) in [6, 6.07) is 1.63. The van der Waals surface area contributed by atoms with Crippen molar-refractivity contribution in [3.8, 4) is 0 Å². The fraction of sp³-hybridized carbons (Fsp3) is 0.286. The molecule has 54 valence electrons. The minimum absolute atomic E-state index is 0.285. The van der Waals surface area contributed by atoms with Crippen molar-refractivity contribution in [1.29, 1.82) is 0 Å². The number of nitrogens with zero attached hydrogens (tertiary/aromatic N) is 2. The zero-order chi connectivity index (χ0) is 7.56. The van der Waals surface area contributed by atoms with Gasteiger partial charge in [0.05, 0.1) is 11.9 Å². The van der Waals surface area contributed by atoms with Crippen molar-refractivity contribution in [2.24, 2.45) is 0 Å². The molecule has 2 nitrogen and oxygen atoms in total. The van der Waals surface area contributed by atoms with Gasteiger partial charge >= 0.3 is 0 Å². The highest BCUT2D eigenvalue weighted by atomic mass is 19.1. The van der Waals surface area contributed by atoms with Crippen LogP contribution in [0.5, 0.6) is 0 Å². The van der Waals surface area contributed by atoms with E-state index in [1.165, 1.54) is 6.20 Å². The van der Waals surface area contributed by atoms with E-state index in [0.29, 0.717) is 5.69 Å². The van der Waals surface area contributed by atoms with Gasteiger partial charge < -0.3 is 4.90 Å². The third-order valence-electron chi connectivity index (χ3n) is 1.23. The lowest BCUT2D eigenvalue weighted by Gasteiger charge is -2.11. The summed E-state index contributed by atoms with van der Waals surface area (Å²) in [7, 11) is 3.58. The Kier molecular flexibility index (Phi) is 1.85. The third kappa shape index (κ3) is 1.23. The molecule has 1 heterocycles. The Morgan fingerprint density at radius 3 is 2.60 bits per heavy atom. The van der Waals surface area contributed by atoms with Crippen molar-refractivity contribution < 1.29 is 4.39 Å². The number of hydrogen-bond donors (Lipinski definition) is 0. The molecule has 1 aromatic heterocycles. The second-order valence-electron chi connectivity index (χ2n) is 2.22. The van der Waals surface area contributed by atoms with E-state index in [-0.39, 0.29) is 5.82 Å². The highest BCUT2D eigenvalue weighted by Crippen LogP contribution is 2.13. The van der Waals surface area contributed by atoms with E-state index in [2.05, 4.69) is 4.98 Å². The molecule has 10 heavy (non-hydrogen) atoms. The zero-order valence-corrected chi connectivity index (χ0v) is 6.00. The average molecular weight is 140 g/mol. The van der Waals surface area contributed by atoms with Crippen molar-refractivity contribution in [3.05, 3.63) is 24.3 Å². The van der Waals surface area contributed by atoms with E-state index >= 15 is 0 Å². The smallest absolute Gasteiger partial charge is 0.164 e. The summed E-state index contributed by atoms with van der Waals surface area (Å²) in [5, 5.41) is 0.